The average molecular weight is 362 g/mol. The van der Waals surface area contributed by atoms with Crippen molar-refractivity contribution in [3.63, 3.8) is 0 Å². The lowest BCUT2D eigenvalue weighted by atomic mass is 9.96. The molecule has 0 heterocycles. The third kappa shape index (κ3) is 6.02. The van der Waals surface area contributed by atoms with E-state index in [0.29, 0.717) is 0 Å². The van der Waals surface area contributed by atoms with Gasteiger partial charge in [0.15, 0.2) is 6.04 Å². The van der Waals surface area contributed by atoms with Crippen LogP contribution in [0, 0.1) is 0 Å². The van der Waals surface area contributed by atoms with Crippen LogP contribution in [0.5, 0.6) is 5.75 Å². The summed E-state index contributed by atoms with van der Waals surface area (Å²) in [5.41, 5.74) is 1.14. The molecule has 2 rings (SSSR count). The maximum atomic E-state index is 12.4. The van der Waals surface area contributed by atoms with Gasteiger partial charge in [0.2, 0.25) is 0 Å². The van der Waals surface area contributed by atoms with Gasteiger partial charge >= 0.3 is 6.03 Å². The first kappa shape index (κ1) is 20.2. The Kier molecular flexibility index (Phi) is 7.91. The van der Waals surface area contributed by atoms with Crippen LogP contribution in [0.4, 0.5) is 4.79 Å². The molecule has 1 aliphatic carbocycles. The number of benzene rings is 1. The van der Waals surface area contributed by atoms with Crippen LogP contribution in [-0.2, 0) is 4.79 Å². The molecule has 0 aliphatic heterocycles. The Bertz CT molecular complexity index is 582. The van der Waals surface area contributed by atoms with Crippen LogP contribution in [-0.4, -0.2) is 31.1 Å². The van der Waals surface area contributed by atoms with Gasteiger partial charge in [-0.15, -0.1) is 0 Å². The molecule has 0 saturated heterocycles. The van der Waals surface area contributed by atoms with Crippen molar-refractivity contribution in [3.8, 4) is 5.75 Å². The number of ether oxygens (including phenoxy) is 1. The van der Waals surface area contributed by atoms with E-state index in [1.165, 1.54) is 6.42 Å². The first-order chi connectivity index (χ1) is 12.5. The molecule has 6 nitrogen and oxygen atoms in total. The van der Waals surface area contributed by atoms with Gasteiger partial charge in [-0.05, 0) is 44.0 Å². The highest BCUT2D eigenvalue weighted by atomic mass is 16.5. The minimum absolute atomic E-state index is 0.156. The molecule has 1 aromatic rings. The molecule has 0 unspecified atom stereocenters. The van der Waals surface area contributed by atoms with Crippen molar-refractivity contribution in [1.29, 1.82) is 0 Å². The van der Waals surface area contributed by atoms with Gasteiger partial charge < -0.3 is 15.4 Å². The lowest BCUT2D eigenvalue weighted by Gasteiger charge is -2.23. The second-order valence-corrected chi connectivity index (χ2v) is 7.07. The summed E-state index contributed by atoms with van der Waals surface area (Å²) in [6.07, 6.45) is 6.40. The number of hydrogen-bond donors (Lipinski definition) is 3. The minimum Gasteiger partial charge on any atom is -0.497 e. The zero-order valence-corrected chi connectivity index (χ0v) is 16.1. The zero-order valence-electron chi connectivity index (χ0n) is 16.1. The largest absolute Gasteiger partial charge is 0.497 e. The molecule has 2 atom stereocenters. The Balaban J connectivity index is 1.84. The van der Waals surface area contributed by atoms with Crippen LogP contribution >= 0.6 is 0 Å². The van der Waals surface area contributed by atoms with Gasteiger partial charge in [0, 0.05) is 18.0 Å². The van der Waals surface area contributed by atoms with Crippen molar-refractivity contribution in [2.75, 3.05) is 7.11 Å². The fourth-order valence-electron chi connectivity index (χ4n) is 3.46. The van der Waals surface area contributed by atoms with E-state index in [1.807, 2.05) is 36.5 Å². The van der Waals surface area contributed by atoms with E-state index in [2.05, 4.69) is 17.6 Å². The van der Waals surface area contributed by atoms with Crippen molar-refractivity contribution >= 4 is 11.9 Å². The Morgan fingerprint density at radius 1 is 1.19 bits per heavy atom. The first-order valence-corrected chi connectivity index (χ1v) is 9.63. The van der Waals surface area contributed by atoms with Crippen molar-refractivity contribution in [3.05, 3.63) is 29.8 Å². The zero-order chi connectivity index (χ0) is 18.9. The molecular formula is C20H32N3O3+. The molecule has 1 aliphatic rings. The van der Waals surface area contributed by atoms with E-state index >= 15 is 0 Å². The summed E-state index contributed by atoms with van der Waals surface area (Å²) in [7, 11) is 1.64. The fraction of sp³-hybridized carbons (Fsp3) is 0.600. The number of urea groups is 1. The van der Waals surface area contributed by atoms with E-state index in [1.54, 1.807) is 7.11 Å². The predicted octanol–water partition coefficient (Wildman–Crippen LogP) is 2.26. The summed E-state index contributed by atoms with van der Waals surface area (Å²) in [5, 5.41) is 7.41. The highest BCUT2D eigenvalue weighted by Gasteiger charge is 2.24. The molecule has 1 aromatic carbocycles. The van der Waals surface area contributed by atoms with Gasteiger partial charge in [-0.3, -0.25) is 10.1 Å². The van der Waals surface area contributed by atoms with Gasteiger partial charge in [0.05, 0.1) is 7.11 Å². The molecule has 26 heavy (non-hydrogen) atoms. The quantitative estimate of drug-likeness (QED) is 0.696. The number of carbonyl (C=O) groups is 2. The van der Waals surface area contributed by atoms with Crippen LogP contribution in [0.3, 0.4) is 0 Å². The van der Waals surface area contributed by atoms with Crippen LogP contribution < -0.4 is 20.7 Å². The van der Waals surface area contributed by atoms with Crippen molar-refractivity contribution < 1.29 is 19.6 Å². The normalized spacial score (nSPS) is 17.2. The third-order valence-corrected chi connectivity index (χ3v) is 5.10. The standard InChI is InChI=1S/C20H31N3O3/c1-4-18(15-10-12-17(26-3)13-11-15)21-14(2)19(24)23-20(25)22-16-8-6-5-7-9-16/h10-14,16,18,21H,4-9H2,1-3H3,(H2,22,23,24,25)/p+1/t14-,18-/m0/s1. The first-order valence-electron chi connectivity index (χ1n) is 9.63. The Hall–Kier alpha value is -2.08. The summed E-state index contributed by atoms with van der Waals surface area (Å²) in [6, 6.07) is 7.51. The Labute approximate surface area is 156 Å². The number of carbonyl (C=O) groups excluding carboxylic acids is 2. The predicted molar refractivity (Wildman–Crippen MR) is 101 cm³/mol. The molecule has 6 heteroatoms. The van der Waals surface area contributed by atoms with Gasteiger partial charge in [0.25, 0.3) is 5.91 Å². The van der Waals surface area contributed by atoms with Crippen molar-refractivity contribution in [1.82, 2.24) is 10.6 Å². The lowest BCUT2D eigenvalue weighted by Crippen LogP contribution is -2.92. The number of rotatable bonds is 7. The van der Waals surface area contributed by atoms with Gasteiger partial charge in [0.1, 0.15) is 11.8 Å². The Morgan fingerprint density at radius 3 is 2.42 bits per heavy atom. The molecule has 1 fully saturated rings. The molecule has 3 amide bonds. The number of hydrogen-bond acceptors (Lipinski definition) is 3. The van der Waals surface area contributed by atoms with Crippen molar-refractivity contribution in [2.45, 2.75) is 70.5 Å². The van der Waals surface area contributed by atoms with Crippen LogP contribution in [0.1, 0.15) is 64.0 Å². The summed E-state index contributed by atoms with van der Waals surface area (Å²) in [5.74, 6) is 0.555. The fourth-order valence-corrected chi connectivity index (χ4v) is 3.46. The molecule has 4 N–H and O–H groups in total. The van der Waals surface area contributed by atoms with E-state index in [4.69, 9.17) is 4.74 Å². The van der Waals surface area contributed by atoms with Crippen LogP contribution in [0.15, 0.2) is 24.3 Å². The summed E-state index contributed by atoms with van der Waals surface area (Å²) >= 11 is 0. The molecule has 0 spiro atoms. The third-order valence-electron chi connectivity index (χ3n) is 5.10. The van der Waals surface area contributed by atoms with Gasteiger partial charge in [-0.2, -0.15) is 0 Å². The summed E-state index contributed by atoms with van der Waals surface area (Å²) in [4.78, 5) is 24.4. The van der Waals surface area contributed by atoms with Crippen LogP contribution in [0.25, 0.3) is 0 Å². The topological polar surface area (TPSA) is 84.0 Å². The number of imide groups is 1. The van der Waals surface area contributed by atoms with E-state index in [9.17, 15) is 9.59 Å². The second kappa shape index (κ2) is 10.2. The average Bonchev–Trinajstić information content (AvgIpc) is 2.66. The SMILES string of the molecule is CC[C@H]([NH2+][C@@H](C)C(=O)NC(=O)NC1CCCCC1)c1ccc(OC)cc1. The highest BCUT2D eigenvalue weighted by Crippen LogP contribution is 2.18. The smallest absolute Gasteiger partial charge is 0.321 e. The molecular weight excluding hydrogens is 330 g/mol. The van der Waals surface area contributed by atoms with Crippen LogP contribution in [0.2, 0.25) is 0 Å². The van der Waals surface area contributed by atoms with Crippen molar-refractivity contribution in [2.24, 2.45) is 0 Å². The maximum absolute atomic E-state index is 12.4. The van der Waals surface area contributed by atoms with E-state index in [0.717, 1.165) is 43.4 Å². The van der Waals surface area contributed by atoms with Gasteiger partial charge in [-0.1, -0.05) is 26.2 Å². The summed E-state index contributed by atoms with van der Waals surface area (Å²) in [6.45, 7) is 3.92. The molecule has 1 saturated carbocycles. The summed E-state index contributed by atoms with van der Waals surface area (Å²) < 4.78 is 5.19. The minimum atomic E-state index is -0.375. The number of amides is 3. The number of methoxy groups -OCH3 is 1. The van der Waals surface area contributed by atoms with E-state index < -0.39 is 0 Å². The molecule has 0 aromatic heterocycles. The number of quaternary nitrogens is 1. The molecule has 0 bridgehead atoms. The molecule has 144 valence electrons. The van der Waals surface area contributed by atoms with E-state index in [-0.39, 0.29) is 30.1 Å². The lowest BCUT2D eigenvalue weighted by molar-refractivity contribution is -0.713. The number of nitrogens with one attached hydrogen (secondary N) is 2. The highest BCUT2D eigenvalue weighted by molar-refractivity contribution is 5.96. The molecule has 0 radical (unpaired) electrons. The van der Waals surface area contributed by atoms with Gasteiger partial charge in [-0.25, -0.2) is 4.79 Å². The number of nitrogens with two attached hydrogens (primary N) is 1. The second-order valence-electron chi connectivity index (χ2n) is 7.07. The Morgan fingerprint density at radius 2 is 1.85 bits per heavy atom. The maximum Gasteiger partial charge on any atom is 0.321 e. The monoisotopic (exact) mass is 362 g/mol.